The first-order chi connectivity index (χ1) is 14.6. The first-order valence-electron chi connectivity index (χ1n) is 9.07. The summed E-state index contributed by atoms with van der Waals surface area (Å²) in [4.78, 5) is 8.23. The third kappa shape index (κ3) is 3.93. The summed E-state index contributed by atoms with van der Waals surface area (Å²) in [5.41, 5.74) is 1.31. The monoisotopic (exact) mass is 409 g/mol. The molecule has 9 heteroatoms. The van der Waals surface area contributed by atoms with Crippen molar-refractivity contribution in [3.05, 3.63) is 71.9 Å². The van der Waals surface area contributed by atoms with E-state index in [4.69, 9.17) is 5.11 Å². The number of rotatable bonds is 6. The summed E-state index contributed by atoms with van der Waals surface area (Å²) in [6, 6.07) is 9.60. The summed E-state index contributed by atoms with van der Waals surface area (Å²) in [5.74, 6) is 0.329. The van der Waals surface area contributed by atoms with E-state index >= 15 is 0 Å². The van der Waals surface area contributed by atoms with Crippen molar-refractivity contribution in [3.8, 4) is 11.3 Å². The average molecular weight is 409 g/mol. The third-order valence-corrected chi connectivity index (χ3v) is 4.58. The molecule has 1 aromatic carbocycles. The van der Waals surface area contributed by atoms with E-state index < -0.39 is 25.2 Å². The fourth-order valence-electron chi connectivity index (χ4n) is 2.98. The molecule has 3 heterocycles. The Morgan fingerprint density at radius 3 is 2.60 bits per heavy atom. The number of pyridine rings is 2. The standard InChI is InChI=1S/C21H17F2N5O2/c22-7-12-1-4-19(24-8-12)27-21-16-3-2-13(5-14(16)10-26-28-21)20-17(23)6-15(9-25-20)18(30)11-29/h1-6,8-10,18,29-30H,7,11H2,(H,24,27,28). The summed E-state index contributed by atoms with van der Waals surface area (Å²) in [5, 5.41) is 31.2. The van der Waals surface area contributed by atoms with E-state index in [0.29, 0.717) is 28.1 Å². The number of aliphatic hydroxyl groups is 2. The van der Waals surface area contributed by atoms with Gasteiger partial charge in [-0.2, -0.15) is 5.10 Å². The Morgan fingerprint density at radius 2 is 1.90 bits per heavy atom. The van der Waals surface area contributed by atoms with Crippen molar-refractivity contribution >= 4 is 22.4 Å². The minimum Gasteiger partial charge on any atom is -0.393 e. The number of halogens is 2. The smallest absolute Gasteiger partial charge is 0.162 e. The summed E-state index contributed by atoms with van der Waals surface area (Å²) in [6.07, 6.45) is 3.12. The Hall–Kier alpha value is -3.56. The second-order valence-corrected chi connectivity index (χ2v) is 6.60. The van der Waals surface area contributed by atoms with Gasteiger partial charge in [0.25, 0.3) is 0 Å². The van der Waals surface area contributed by atoms with Gasteiger partial charge in [0.1, 0.15) is 30.1 Å². The molecule has 4 rings (SSSR count). The number of nitrogens with zero attached hydrogens (tertiary/aromatic N) is 4. The predicted octanol–water partition coefficient (Wildman–Crippen LogP) is 3.46. The van der Waals surface area contributed by atoms with E-state index in [1.165, 1.54) is 12.4 Å². The average Bonchev–Trinajstić information content (AvgIpc) is 2.79. The largest absolute Gasteiger partial charge is 0.393 e. The molecular weight excluding hydrogens is 392 g/mol. The highest BCUT2D eigenvalue weighted by Gasteiger charge is 2.14. The van der Waals surface area contributed by atoms with Crippen LogP contribution in [0.4, 0.5) is 20.4 Å². The lowest BCUT2D eigenvalue weighted by Gasteiger charge is -2.11. The molecule has 3 aromatic heterocycles. The van der Waals surface area contributed by atoms with Crippen molar-refractivity contribution in [1.29, 1.82) is 0 Å². The van der Waals surface area contributed by atoms with Crippen molar-refractivity contribution in [2.45, 2.75) is 12.8 Å². The number of hydrogen-bond donors (Lipinski definition) is 3. The number of hydrogen-bond acceptors (Lipinski definition) is 7. The van der Waals surface area contributed by atoms with Crippen LogP contribution in [0, 0.1) is 5.82 Å². The van der Waals surface area contributed by atoms with Crippen LogP contribution in [0.2, 0.25) is 0 Å². The number of aromatic nitrogens is 4. The van der Waals surface area contributed by atoms with Gasteiger partial charge in [-0.25, -0.2) is 13.8 Å². The molecule has 1 unspecified atom stereocenters. The molecule has 0 aliphatic rings. The minimum atomic E-state index is -1.19. The maximum absolute atomic E-state index is 14.5. The molecule has 0 bridgehead atoms. The van der Waals surface area contributed by atoms with E-state index in [2.05, 4.69) is 25.5 Å². The molecule has 30 heavy (non-hydrogen) atoms. The van der Waals surface area contributed by atoms with E-state index in [9.17, 15) is 13.9 Å². The molecule has 1 atom stereocenters. The van der Waals surface area contributed by atoms with Crippen LogP contribution in [0.15, 0.2) is 55.0 Å². The van der Waals surface area contributed by atoms with Gasteiger partial charge in [0.2, 0.25) is 0 Å². The first kappa shape index (κ1) is 19.7. The van der Waals surface area contributed by atoms with Gasteiger partial charge in [-0.05, 0) is 24.3 Å². The molecule has 0 radical (unpaired) electrons. The lowest BCUT2D eigenvalue weighted by Crippen LogP contribution is -2.04. The van der Waals surface area contributed by atoms with Crippen LogP contribution in [-0.2, 0) is 6.67 Å². The first-order valence-corrected chi connectivity index (χ1v) is 9.07. The molecule has 3 N–H and O–H groups in total. The van der Waals surface area contributed by atoms with Crippen molar-refractivity contribution in [2.24, 2.45) is 0 Å². The molecule has 7 nitrogen and oxygen atoms in total. The van der Waals surface area contributed by atoms with Gasteiger partial charge in [0.15, 0.2) is 5.82 Å². The highest BCUT2D eigenvalue weighted by atomic mass is 19.1. The Morgan fingerprint density at radius 1 is 1.03 bits per heavy atom. The fourth-order valence-corrected chi connectivity index (χ4v) is 2.98. The summed E-state index contributed by atoms with van der Waals surface area (Å²) < 4.78 is 27.2. The van der Waals surface area contributed by atoms with E-state index in [1.54, 1.807) is 36.5 Å². The van der Waals surface area contributed by atoms with Crippen LogP contribution in [0.25, 0.3) is 22.0 Å². The summed E-state index contributed by atoms with van der Waals surface area (Å²) >= 11 is 0. The lowest BCUT2D eigenvalue weighted by molar-refractivity contribution is 0.0951. The highest BCUT2D eigenvalue weighted by Crippen LogP contribution is 2.29. The van der Waals surface area contributed by atoms with Gasteiger partial charge in [0, 0.05) is 39.9 Å². The molecule has 4 aromatic rings. The fraction of sp³-hybridized carbons (Fsp3) is 0.143. The normalized spacial score (nSPS) is 12.1. The maximum atomic E-state index is 14.5. The predicted molar refractivity (Wildman–Crippen MR) is 107 cm³/mol. The molecule has 0 aliphatic carbocycles. The van der Waals surface area contributed by atoms with Crippen LogP contribution in [0.5, 0.6) is 0 Å². The summed E-state index contributed by atoms with van der Waals surface area (Å²) in [6.45, 7) is -1.11. The number of benzene rings is 1. The van der Waals surface area contributed by atoms with Gasteiger partial charge < -0.3 is 15.5 Å². The van der Waals surface area contributed by atoms with Crippen LogP contribution in [0.1, 0.15) is 17.2 Å². The zero-order chi connectivity index (χ0) is 21.1. The zero-order valence-corrected chi connectivity index (χ0v) is 15.6. The van der Waals surface area contributed by atoms with Crippen LogP contribution >= 0.6 is 0 Å². The second-order valence-electron chi connectivity index (χ2n) is 6.60. The number of anilines is 2. The van der Waals surface area contributed by atoms with Gasteiger partial charge in [0.05, 0.1) is 12.8 Å². The minimum absolute atomic E-state index is 0.112. The molecule has 0 saturated heterocycles. The SMILES string of the molecule is OCC(O)c1cnc(-c2ccc3c(Nc4ccc(CF)cn4)nncc3c2)c(F)c1. The van der Waals surface area contributed by atoms with Gasteiger partial charge in [-0.15, -0.1) is 5.10 Å². The van der Waals surface area contributed by atoms with E-state index in [0.717, 1.165) is 11.5 Å². The second kappa shape index (κ2) is 8.44. The van der Waals surface area contributed by atoms with Crippen LogP contribution in [-0.4, -0.2) is 37.0 Å². The zero-order valence-electron chi connectivity index (χ0n) is 15.6. The topological polar surface area (TPSA) is 104 Å². The number of aliphatic hydroxyl groups excluding tert-OH is 2. The Balaban J connectivity index is 1.67. The number of nitrogens with one attached hydrogen (secondary N) is 1. The molecular formula is C21H17F2N5O2. The Bertz CT molecular complexity index is 1190. The van der Waals surface area contributed by atoms with Gasteiger partial charge in [-0.1, -0.05) is 12.1 Å². The number of fused-ring (bicyclic) bond motifs is 1. The summed E-state index contributed by atoms with van der Waals surface area (Å²) in [7, 11) is 0. The Labute approximate surface area is 170 Å². The number of alkyl halides is 1. The van der Waals surface area contributed by atoms with Gasteiger partial charge in [-0.3, -0.25) is 4.98 Å². The highest BCUT2D eigenvalue weighted by molar-refractivity contribution is 5.94. The molecule has 0 aliphatic heterocycles. The van der Waals surface area contributed by atoms with Crippen molar-refractivity contribution in [2.75, 3.05) is 11.9 Å². The van der Waals surface area contributed by atoms with Crippen LogP contribution < -0.4 is 5.32 Å². The third-order valence-electron chi connectivity index (χ3n) is 4.58. The maximum Gasteiger partial charge on any atom is 0.162 e. The molecule has 0 fully saturated rings. The molecule has 0 saturated carbocycles. The van der Waals surface area contributed by atoms with E-state index in [-0.39, 0.29) is 11.3 Å². The van der Waals surface area contributed by atoms with Crippen molar-refractivity contribution in [3.63, 3.8) is 0 Å². The molecule has 0 spiro atoms. The van der Waals surface area contributed by atoms with Crippen LogP contribution in [0.3, 0.4) is 0 Å². The quantitative estimate of drug-likeness (QED) is 0.448. The molecule has 152 valence electrons. The molecule has 0 amide bonds. The Kier molecular flexibility index (Phi) is 5.55. The van der Waals surface area contributed by atoms with E-state index in [1.807, 2.05) is 0 Å². The van der Waals surface area contributed by atoms with Crippen molar-refractivity contribution < 1.29 is 19.0 Å². The van der Waals surface area contributed by atoms with Gasteiger partial charge >= 0.3 is 0 Å². The lowest BCUT2D eigenvalue weighted by atomic mass is 10.0. The van der Waals surface area contributed by atoms with Crippen molar-refractivity contribution in [1.82, 2.24) is 20.2 Å².